The predicted octanol–water partition coefficient (Wildman–Crippen LogP) is 5.67. The number of aliphatic hydroxyl groups is 1. The van der Waals surface area contributed by atoms with E-state index >= 15 is 0 Å². The van der Waals surface area contributed by atoms with Gasteiger partial charge in [0, 0.05) is 37.4 Å². The van der Waals surface area contributed by atoms with Crippen molar-refractivity contribution in [2.24, 2.45) is 0 Å². The Bertz CT molecular complexity index is 1320. The number of nitrogens with zero attached hydrogens (tertiary/aromatic N) is 1. The third kappa shape index (κ3) is 8.57. The largest absolute Gasteiger partial charge is 0.390 e. The van der Waals surface area contributed by atoms with Gasteiger partial charge in [0.15, 0.2) is 0 Å². The maximum atomic E-state index is 13.6. The first-order valence-corrected chi connectivity index (χ1v) is 15.8. The van der Waals surface area contributed by atoms with Gasteiger partial charge in [0.25, 0.3) is 5.91 Å². The second-order valence-corrected chi connectivity index (χ2v) is 12.7. The van der Waals surface area contributed by atoms with Crippen LogP contribution in [0.5, 0.6) is 0 Å². The van der Waals surface area contributed by atoms with Crippen LogP contribution in [0.25, 0.3) is 0 Å². The molecule has 11 heteroatoms. The lowest BCUT2D eigenvalue weighted by Gasteiger charge is -2.47. The van der Waals surface area contributed by atoms with Crippen LogP contribution in [-0.2, 0) is 13.0 Å². The summed E-state index contributed by atoms with van der Waals surface area (Å²) in [6.07, 6.45) is 1.01. The minimum absolute atomic E-state index is 0.0315. The van der Waals surface area contributed by atoms with E-state index in [1.165, 1.54) is 12.1 Å². The lowest BCUT2D eigenvalue weighted by molar-refractivity contribution is 0.0830. The molecule has 2 atom stereocenters. The molecule has 1 aliphatic rings. The van der Waals surface area contributed by atoms with Crippen LogP contribution in [0, 0.1) is 5.82 Å². The third-order valence-electron chi connectivity index (χ3n) is 6.98. The second kappa shape index (κ2) is 14.4. The maximum Gasteiger partial charge on any atom is 0.251 e. The van der Waals surface area contributed by atoms with Crippen LogP contribution in [0.3, 0.4) is 0 Å². The SMILES string of the molecule is CCNc1cc(C(=O)NC(Cc2ccccc2)C(O)CNCc2ccc(F)c(Cl)c2)cc(N2CCCCS2(O)O)c1. The van der Waals surface area contributed by atoms with Gasteiger partial charge in [-0.2, -0.15) is 0 Å². The molecule has 222 valence electrons. The molecule has 1 amide bonds. The van der Waals surface area contributed by atoms with E-state index < -0.39 is 28.7 Å². The van der Waals surface area contributed by atoms with Crippen molar-refractivity contribution in [1.29, 1.82) is 0 Å². The number of rotatable bonds is 12. The molecule has 3 aromatic rings. The Hall–Kier alpha value is -2.86. The zero-order chi connectivity index (χ0) is 29.4. The molecule has 8 nitrogen and oxygen atoms in total. The lowest BCUT2D eigenvalue weighted by Crippen LogP contribution is -2.48. The van der Waals surface area contributed by atoms with Crippen LogP contribution in [0.4, 0.5) is 15.8 Å². The summed E-state index contributed by atoms with van der Waals surface area (Å²) >= 11 is 5.89. The molecule has 0 aromatic heterocycles. The molecule has 0 spiro atoms. The van der Waals surface area contributed by atoms with Gasteiger partial charge in [0.05, 0.1) is 28.6 Å². The zero-order valence-corrected chi connectivity index (χ0v) is 24.6. The van der Waals surface area contributed by atoms with E-state index in [2.05, 4.69) is 16.0 Å². The van der Waals surface area contributed by atoms with E-state index in [0.717, 1.165) is 24.0 Å². The van der Waals surface area contributed by atoms with E-state index in [-0.39, 0.29) is 17.5 Å². The van der Waals surface area contributed by atoms with Crippen LogP contribution >= 0.6 is 22.4 Å². The molecule has 0 saturated carbocycles. The summed E-state index contributed by atoms with van der Waals surface area (Å²) < 4.78 is 36.5. The van der Waals surface area contributed by atoms with Gasteiger partial charge in [-0.15, -0.1) is 10.8 Å². The number of hydrogen-bond acceptors (Lipinski definition) is 7. The number of halogens is 2. The Morgan fingerprint density at radius 1 is 1.07 bits per heavy atom. The maximum absolute atomic E-state index is 13.6. The Morgan fingerprint density at radius 3 is 2.56 bits per heavy atom. The van der Waals surface area contributed by atoms with Crippen molar-refractivity contribution < 1.29 is 23.4 Å². The number of carbonyl (C=O) groups is 1. The summed E-state index contributed by atoms with van der Waals surface area (Å²) in [7, 11) is -2.97. The monoisotopic (exact) mass is 604 g/mol. The molecule has 3 aromatic carbocycles. The summed E-state index contributed by atoms with van der Waals surface area (Å²) in [6, 6.07) is 18.6. The summed E-state index contributed by atoms with van der Waals surface area (Å²) in [5, 5.41) is 20.6. The molecule has 1 saturated heterocycles. The first-order valence-electron chi connectivity index (χ1n) is 13.8. The van der Waals surface area contributed by atoms with Crippen molar-refractivity contribution >= 4 is 39.7 Å². The second-order valence-electron chi connectivity index (χ2n) is 10.2. The summed E-state index contributed by atoms with van der Waals surface area (Å²) in [5.74, 6) is -0.583. The average molecular weight is 605 g/mol. The normalized spacial score (nSPS) is 17.0. The molecule has 1 heterocycles. The van der Waals surface area contributed by atoms with Gasteiger partial charge >= 0.3 is 0 Å². The Labute approximate surface area is 247 Å². The van der Waals surface area contributed by atoms with Crippen molar-refractivity contribution in [3.05, 3.63) is 94.3 Å². The van der Waals surface area contributed by atoms with Crippen molar-refractivity contribution in [2.75, 3.05) is 35.0 Å². The molecule has 0 bridgehead atoms. The first kappa shape index (κ1) is 31.1. The van der Waals surface area contributed by atoms with Crippen LogP contribution in [0.15, 0.2) is 66.7 Å². The fraction of sp³-hybridized carbons (Fsp3) is 0.367. The molecule has 2 unspecified atom stereocenters. The van der Waals surface area contributed by atoms with Gasteiger partial charge in [-0.3, -0.25) is 18.2 Å². The number of aliphatic hydroxyl groups excluding tert-OH is 1. The lowest BCUT2D eigenvalue weighted by atomic mass is 10.00. The van der Waals surface area contributed by atoms with Crippen molar-refractivity contribution in [3.8, 4) is 0 Å². The van der Waals surface area contributed by atoms with E-state index in [4.69, 9.17) is 11.6 Å². The van der Waals surface area contributed by atoms with Crippen molar-refractivity contribution in [1.82, 2.24) is 10.6 Å². The highest BCUT2D eigenvalue weighted by Gasteiger charge is 2.28. The Balaban J connectivity index is 1.52. The molecule has 6 N–H and O–H groups in total. The minimum Gasteiger partial charge on any atom is -0.390 e. The number of anilines is 2. The molecule has 1 aliphatic heterocycles. The zero-order valence-electron chi connectivity index (χ0n) is 23.0. The molecular formula is C30H38ClFN4O4S. The molecule has 0 aliphatic carbocycles. The molecule has 4 rings (SSSR count). The van der Waals surface area contributed by atoms with E-state index in [1.807, 2.05) is 43.3 Å². The third-order valence-corrected chi connectivity index (χ3v) is 9.20. The van der Waals surface area contributed by atoms with Gasteiger partial charge in [0.1, 0.15) is 5.82 Å². The number of amides is 1. The van der Waals surface area contributed by atoms with Crippen molar-refractivity contribution in [2.45, 2.75) is 44.9 Å². The van der Waals surface area contributed by atoms with Gasteiger partial charge in [0.2, 0.25) is 0 Å². The molecule has 1 fully saturated rings. The summed E-state index contributed by atoms with van der Waals surface area (Å²) in [5.41, 5.74) is 3.32. The quantitative estimate of drug-likeness (QED) is 0.158. The highest BCUT2D eigenvalue weighted by Crippen LogP contribution is 2.50. The smallest absolute Gasteiger partial charge is 0.251 e. The van der Waals surface area contributed by atoms with E-state index in [0.29, 0.717) is 48.7 Å². The average Bonchev–Trinajstić information content (AvgIpc) is 2.95. The van der Waals surface area contributed by atoms with E-state index in [1.54, 1.807) is 22.5 Å². The highest BCUT2D eigenvalue weighted by atomic mass is 35.5. The fourth-order valence-corrected chi connectivity index (χ4v) is 6.74. The number of benzene rings is 3. The standard InChI is InChI=1S/C30H38ClFN4O4S/c1-2-34-24-16-23(17-25(18-24)36-12-6-7-13-41(36,39)40)30(38)35-28(15-21-8-4-3-5-9-21)29(37)20-33-19-22-10-11-27(32)26(31)14-22/h3-5,8-11,14,16-18,28-29,33-34,37,39-40H,2,6-7,12-13,15,19-20H2,1H3,(H,35,38). The topological polar surface area (TPSA) is 117 Å². The number of hydrogen-bond donors (Lipinski definition) is 6. The van der Waals surface area contributed by atoms with Gasteiger partial charge in [-0.25, -0.2) is 4.39 Å². The highest BCUT2D eigenvalue weighted by molar-refractivity contribution is 8.25. The molecule has 41 heavy (non-hydrogen) atoms. The van der Waals surface area contributed by atoms with E-state index in [9.17, 15) is 23.4 Å². The van der Waals surface area contributed by atoms with Gasteiger partial charge in [-0.1, -0.05) is 48.0 Å². The predicted molar refractivity (Wildman–Crippen MR) is 165 cm³/mol. The van der Waals surface area contributed by atoms with Gasteiger partial charge in [-0.05, 0) is 67.6 Å². The number of carbonyl (C=O) groups excluding carboxylic acids is 1. The van der Waals surface area contributed by atoms with Crippen LogP contribution in [0.1, 0.15) is 41.3 Å². The van der Waals surface area contributed by atoms with Crippen molar-refractivity contribution in [3.63, 3.8) is 0 Å². The first-order chi connectivity index (χ1) is 19.7. The molecular weight excluding hydrogens is 567 g/mol. The fourth-order valence-electron chi connectivity index (χ4n) is 4.86. The van der Waals surface area contributed by atoms with Crippen LogP contribution < -0.4 is 20.3 Å². The van der Waals surface area contributed by atoms with Crippen LogP contribution in [0.2, 0.25) is 5.02 Å². The van der Waals surface area contributed by atoms with Gasteiger partial charge < -0.3 is 21.1 Å². The minimum atomic E-state index is -2.97. The van der Waals surface area contributed by atoms with Crippen LogP contribution in [-0.4, -0.2) is 57.7 Å². The number of nitrogens with one attached hydrogen (secondary N) is 3. The summed E-state index contributed by atoms with van der Waals surface area (Å²) in [4.78, 5) is 13.6. The Kier molecular flexibility index (Phi) is 10.9. The Morgan fingerprint density at radius 2 is 1.85 bits per heavy atom. The molecule has 0 radical (unpaired) electrons. The summed E-state index contributed by atoms with van der Waals surface area (Å²) in [6.45, 7) is 3.59.